The van der Waals surface area contributed by atoms with Crippen LogP contribution in [0.25, 0.3) is 0 Å². The molecule has 0 unspecified atom stereocenters. The molecule has 0 spiro atoms. The van der Waals surface area contributed by atoms with Crippen LogP contribution in [0.5, 0.6) is 0 Å². The Labute approximate surface area is 141 Å². The van der Waals surface area contributed by atoms with Gasteiger partial charge in [-0.25, -0.2) is 8.42 Å². The zero-order chi connectivity index (χ0) is 16.5. The van der Waals surface area contributed by atoms with E-state index in [1.807, 2.05) is 6.92 Å². The Kier molecular flexibility index (Phi) is 4.79. The maximum atomic E-state index is 12.3. The van der Waals surface area contributed by atoms with Crippen molar-refractivity contribution in [2.24, 2.45) is 0 Å². The second-order valence-corrected chi connectivity index (χ2v) is 7.46. The van der Waals surface area contributed by atoms with Crippen molar-refractivity contribution in [3.63, 3.8) is 0 Å². The maximum absolute atomic E-state index is 12.3. The Morgan fingerprint density at radius 2 is 1.91 bits per heavy atom. The number of halogens is 2. The SMILES string of the molecule is Cc1ccc(NS(=O)(=O)c2ccc(Cl)c(C(=O)[O-])c2)c(Br)c1. The van der Waals surface area contributed by atoms with Gasteiger partial charge in [0.1, 0.15) is 0 Å². The predicted octanol–water partition coefficient (Wildman–Crippen LogP) is 2.58. The average molecular weight is 404 g/mol. The molecule has 0 fully saturated rings. The van der Waals surface area contributed by atoms with E-state index in [1.165, 1.54) is 12.1 Å². The summed E-state index contributed by atoms with van der Waals surface area (Å²) in [5, 5.41) is 10.8. The fraction of sp³-hybridized carbons (Fsp3) is 0.0714. The molecule has 0 aromatic heterocycles. The molecule has 116 valence electrons. The molecule has 8 heteroatoms. The van der Waals surface area contributed by atoms with Crippen LogP contribution in [0.3, 0.4) is 0 Å². The second-order valence-electron chi connectivity index (χ2n) is 4.52. The van der Waals surface area contributed by atoms with E-state index in [2.05, 4.69) is 20.7 Å². The van der Waals surface area contributed by atoms with Gasteiger partial charge in [0.15, 0.2) is 0 Å². The smallest absolute Gasteiger partial charge is 0.261 e. The summed E-state index contributed by atoms with van der Waals surface area (Å²) in [6, 6.07) is 8.49. The number of aryl methyl sites for hydroxylation is 1. The molecule has 0 bridgehead atoms. The van der Waals surface area contributed by atoms with E-state index >= 15 is 0 Å². The lowest BCUT2D eigenvalue weighted by molar-refractivity contribution is -0.255. The number of rotatable bonds is 4. The van der Waals surface area contributed by atoms with Gasteiger partial charge in [-0.05, 0) is 58.7 Å². The molecule has 0 aliphatic rings. The van der Waals surface area contributed by atoms with Gasteiger partial charge in [-0.1, -0.05) is 17.7 Å². The summed E-state index contributed by atoms with van der Waals surface area (Å²) in [5.74, 6) is -1.54. The van der Waals surface area contributed by atoms with Gasteiger partial charge in [0.25, 0.3) is 10.0 Å². The predicted molar refractivity (Wildman–Crippen MR) is 85.5 cm³/mol. The van der Waals surface area contributed by atoms with Crippen molar-refractivity contribution in [1.29, 1.82) is 0 Å². The largest absolute Gasteiger partial charge is 0.545 e. The van der Waals surface area contributed by atoms with Crippen molar-refractivity contribution in [3.8, 4) is 0 Å². The van der Waals surface area contributed by atoms with Crippen LogP contribution in [0, 0.1) is 6.92 Å². The van der Waals surface area contributed by atoms with Crippen molar-refractivity contribution in [2.75, 3.05) is 4.72 Å². The minimum absolute atomic E-state index is 0.0875. The summed E-state index contributed by atoms with van der Waals surface area (Å²) in [4.78, 5) is 10.7. The molecule has 0 amide bonds. The summed E-state index contributed by atoms with van der Waals surface area (Å²) < 4.78 is 27.6. The number of sulfonamides is 1. The molecule has 0 saturated heterocycles. The van der Waals surface area contributed by atoms with Gasteiger partial charge in [-0.15, -0.1) is 0 Å². The van der Waals surface area contributed by atoms with Crippen LogP contribution in [-0.4, -0.2) is 14.4 Å². The highest BCUT2D eigenvalue weighted by molar-refractivity contribution is 9.10. The molecule has 0 aliphatic heterocycles. The standard InChI is InChI=1S/C14H11BrClNO4S/c1-8-2-5-13(11(15)6-8)17-22(20,21)9-3-4-12(16)10(7-9)14(18)19/h2-7,17H,1H3,(H,18,19)/p-1. The fourth-order valence-electron chi connectivity index (χ4n) is 1.73. The first kappa shape index (κ1) is 16.8. The van der Waals surface area contributed by atoms with Gasteiger partial charge in [0.05, 0.1) is 16.6 Å². The van der Waals surface area contributed by atoms with Crippen molar-refractivity contribution < 1.29 is 18.3 Å². The first-order chi connectivity index (χ1) is 10.2. The Hall–Kier alpha value is -1.57. The number of carbonyl (C=O) groups excluding carboxylic acids is 1. The third-order valence-electron chi connectivity index (χ3n) is 2.84. The molecular weight excluding hydrogens is 394 g/mol. The highest BCUT2D eigenvalue weighted by atomic mass is 79.9. The van der Waals surface area contributed by atoms with E-state index in [1.54, 1.807) is 18.2 Å². The number of anilines is 1. The highest BCUT2D eigenvalue weighted by Crippen LogP contribution is 2.27. The molecule has 0 saturated carbocycles. The van der Waals surface area contributed by atoms with E-state index in [0.717, 1.165) is 11.6 Å². The van der Waals surface area contributed by atoms with Crippen LogP contribution in [0.2, 0.25) is 5.02 Å². The molecule has 0 heterocycles. The maximum Gasteiger partial charge on any atom is 0.261 e. The third-order valence-corrected chi connectivity index (χ3v) is 5.19. The van der Waals surface area contributed by atoms with Crippen molar-refractivity contribution in [2.45, 2.75) is 11.8 Å². The van der Waals surface area contributed by atoms with E-state index in [9.17, 15) is 18.3 Å². The Morgan fingerprint density at radius 3 is 2.50 bits per heavy atom. The van der Waals surface area contributed by atoms with Crippen LogP contribution in [0.4, 0.5) is 5.69 Å². The number of hydrogen-bond acceptors (Lipinski definition) is 4. The van der Waals surface area contributed by atoms with Crippen LogP contribution in [0.1, 0.15) is 15.9 Å². The molecule has 0 aliphatic carbocycles. The second kappa shape index (κ2) is 6.28. The van der Waals surface area contributed by atoms with Gasteiger partial charge in [-0.3, -0.25) is 4.72 Å². The van der Waals surface area contributed by atoms with Crippen LogP contribution in [0.15, 0.2) is 45.8 Å². The zero-order valence-electron chi connectivity index (χ0n) is 11.3. The topological polar surface area (TPSA) is 86.3 Å². The summed E-state index contributed by atoms with van der Waals surface area (Å²) in [6.07, 6.45) is 0. The minimum Gasteiger partial charge on any atom is -0.545 e. The number of nitrogens with one attached hydrogen (secondary N) is 1. The first-order valence-electron chi connectivity index (χ1n) is 6.00. The lowest BCUT2D eigenvalue weighted by atomic mass is 10.2. The molecule has 2 aromatic carbocycles. The van der Waals surface area contributed by atoms with Gasteiger partial charge >= 0.3 is 0 Å². The van der Waals surface area contributed by atoms with Crippen LogP contribution in [-0.2, 0) is 10.0 Å². The summed E-state index contributed by atoms with van der Waals surface area (Å²) >= 11 is 8.97. The molecule has 5 nitrogen and oxygen atoms in total. The quantitative estimate of drug-likeness (QED) is 0.850. The summed E-state index contributed by atoms with van der Waals surface area (Å²) in [6.45, 7) is 1.87. The van der Waals surface area contributed by atoms with E-state index in [0.29, 0.717) is 10.2 Å². The fourth-order valence-corrected chi connectivity index (χ4v) is 3.76. The minimum atomic E-state index is -3.95. The van der Waals surface area contributed by atoms with Crippen molar-refractivity contribution in [3.05, 3.63) is 57.0 Å². The van der Waals surface area contributed by atoms with Gasteiger partial charge in [0.2, 0.25) is 0 Å². The number of carboxylic acid groups (broad SMARTS) is 1. The molecule has 2 rings (SSSR count). The molecular formula is C14H10BrClNO4S-. The number of hydrogen-bond donors (Lipinski definition) is 1. The van der Waals surface area contributed by atoms with Crippen molar-refractivity contribution in [1.82, 2.24) is 0 Å². The zero-order valence-corrected chi connectivity index (χ0v) is 14.4. The average Bonchev–Trinajstić information content (AvgIpc) is 2.42. The lowest BCUT2D eigenvalue weighted by Gasteiger charge is -2.12. The number of carboxylic acids is 1. The molecule has 0 radical (unpaired) electrons. The normalized spacial score (nSPS) is 11.2. The Balaban J connectivity index is 2.42. The van der Waals surface area contributed by atoms with Crippen LogP contribution < -0.4 is 9.83 Å². The van der Waals surface area contributed by atoms with Gasteiger partial charge < -0.3 is 9.90 Å². The molecule has 22 heavy (non-hydrogen) atoms. The highest BCUT2D eigenvalue weighted by Gasteiger charge is 2.17. The van der Waals surface area contributed by atoms with Crippen molar-refractivity contribution >= 4 is 49.2 Å². The monoisotopic (exact) mass is 402 g/mol. The number of carbonyl (C=O) groups is 1. The summed E-state index contributed by atoms with van der Waals surface area (Å²) in [5.41, 5.74) is 0.920. The Morgan fingerprint density at radius 1 is 1.23 bits per heavy atom. The van der Waals surface area contributed by atoms with Crippen LogP contribution >= 0.6 is 27.5 Å². The third kappa shape index (κ3) is 3.60. The number of benzene rings is 2. The molecule has 2 aromatic rings. The summed E-state index contributed by atoms with van der Waals surface area (Å²) in [7, 11) is -3.95. The van der Waals surface area contributed by atoms with E-state index < -0.39 is 16.0 Å². The first-order valence-corrected chi connectivity index (χ1v) is 8.66. The Bertz CT molecular complexity index is 852. The molecule has 1 N–H and O–H groups in total. The van der Waals surface area contributed by atoms with E-state index in [4.69, 9.17) is 11.6 Å². The lowest BCUT2D eigenvalue weighted by Crippen LogP contribution is -2.23. The van der Waals surface area contributed by atoms with Gasteiger partial charge in [0, 0.05) is 15.1 Å². The van der Waals surface area contributed by atoms with Gasteiger partial charge in [-0.2, -0.15) is 0 Å². The van der Waals surface area contributed by atoms with E-state index in [-0.39, 0.29) is 15.5 Å². The molecule has 0 atom stereocenters. The number of aromatic carboxylic acids is 1.